The number of nitrogens with one attached hydrogen (secondary N) is 1. The number of amides is 1. The van der Waals surface area contributed by atoms with E-state index < -0.39 is 6.09 Å². The zero-order chi connectivity index (χ0) is 16.8. The highest BCUT2D eigenvalue weighted by Gasteiger charge is 2.12. The average molecular weight is 347 g/mol. The van der Waals surface area contributed by atoms with E-state index in [4.69, 9.17) is 9.84 Å². The van der Waals surface area contributed by atoms with Gasteiger partial charge in [0.2, 0.25) is 0 Å². The number of rotatable bonds is 8. The number of aromatic nitrogens is 1. The summed E-state index contributed by atoms with van der Waals surface area (Å²) in [6.45, 7) is 4.59. The van der Waals surface area contributed by atoms with Crippen LogP contribution >= 0.6 is 11.3 Å². The van der Waals surface area contributed by atoms with Crippen LogP contribution in [0.15, 0.2) is 30.5 Å². The van der Waals surface area contributed by atoms with Crippen LogP contribution in [0.25, 0.3) is 10.6 Å². The average Bonchev–Trinajstić information content (AvgIpc) is 3.00. The maximum atomic E-state index is 10.5. The molecule has 24 heavy (non-hydrogen) atoms. The highest BCUT2D eigenvalue weighted by molar-refractivity contribution is 7.15. The maximum absolute atomic E-state index is 10.5. The molecule has 0 bridgehead atoms. The topological polar surface area (TPSA) is 74.7 Å². The zero-order valence-electron chi connectivity index (χ0n) is 13.4. The minimum Gasteiger partial charge on any atom is -0.494 e. The standard InChI is InChI=1S/C17H21N3O3S/c21-17(22)19-12-15-11-18-16(24-15)13-3-5-14(6-4-13)23-10-2-9-20-7-1-8-20/h3-6,11,19H,1-2,7-10,12H2,(H,21,22). The van der Waals surface area contributed by atoms with Crippen molar-refractivity contribution in [2.45, 2.75) is 19.4 Å². The van der Waals surface area contributed by atoms with E-state index in [0.29, 0.717) is 0 Å². The molecule has 0 saturated carbocycles. The summed E-state index contributed by atoms with van der Waals surface area (Å²) in [7, 11) is 0. The molecule has 2 N–H and O–H groups in total. The van der Waals surface area contributed by atoms with Gasteiger partial charge in [-0.2, -0.15) is 0 Å². The molecule has 6 nitrogen and oxygen atoms in total. The van der Waals surface area contributed by atoms with Crippen LogP contribution in [0.3, 0.4) is 0 Å². The summed E-state index contributed by atoms with van der Waals surface area (Å²) in [5, 5.41) is 11.8. The van der Waals surface area contributed by atoms with Gasteiger partial charge in [-0.25, -0.2) is 9.78 Å². The molecule has 0 aliphatic carbocycles. The number of thiazole rings is 1. The van der Waals surface area contributed by atoms with Gasteiger partial charge in [0.15, 0.2) is 0 Å². The van der Waals surface area contributed by atoms with Crippen molar-refractivity contribution in [2.24, 2.45) is 0 Å². The van der Waals surface area contributed by atoms with Crippen molar-refractivity contribution in [3.63, 3.8) is 0 Å². The number of hydrogen-bond donors (Lipinski definition) is 2. The molecule has 0 atom stereocenters. The third-order valence-corrected chi connectivity index (χ3v) is 4.95. The predicted octanol–water partition coefficient (Wildman–Crippen LogP) is 3.05. The van der Waals surface area contributed by atoms with E-state index in [-0.39, 0.29) is 6.54 Å². The van der Waals surface area contributed by atoms with Crippen LogP contribution in [0.5, 0.6) is 5.75 Å². The van der Waals surface area contributed by atoms with Crippen molar-refractivity contribution in [2.75, 3.05) is 26.2 Å². The smallest absolute Gasteiger partial charge is 0.404 e. The SMILES string of the molecule is O=C(O)NCc1cnc(-c2ccc(OCCCN3CCC3)cc2)s1. The van der Waals surface area contributed by atoms with Crippen LogP contribution in [-0.2, 0) is 6.54 Å². The molecule has 0 radical (unpaired) electrons. The van der Waals surface area contributed by atoms with Crippen LogP contribution < -0.4 is 10.1 Å². The second kappa shape index (κ2) is 8.12. The second-order valence-corrected chi connectivity index (χ2v) is 6.83. The number of likely N-dealkylation sites (tertiary alicyclic amines) is 1. The van der Waals surface area contributed by atoms with Crippen molar-refractivity contribution in [3.05, 3.63) is 35.3 Å². The van der Waals surface area contributed by atoms with E-state index in [0.717, 1.165) is 40.8 Å². The minimum atomic E-state index is -1.03. The fourth-order valence-electron chi connectivity index (χ4n) is 2.46. The van der Waals surface area contributed by atoms with Gasteiger partial charge in [0.25, 0.3) is 0 Å². The molecule has 1 fully saturated rings. The number of carbonyl (C=O) groups is 1. The lowest BCUT2D eigenvalue weighted by Crippen LogP contribution is -2.38. The monoisotopic (exact) mass is 347 g/mol. The second-order valence-electron chi connectivity index (χ2n) is 5.71. The molecule has 128 valence electrons. The van der Waals surface area contributed by atoms with Crippen LogP contribution in [0.4, 0.5) is 4.79 Å². The number of nitrogens with zero attached hydrogens (tertiary/aromatic N) is 2. The molecular formula is C17H21N3O3S. The Morgan fingerprint density at radius 2 is 2.12 bits per heavy atom. The molecular weight excluding hydrogens is 326 g/mol. The van der Waals surface area contributed by atoms with Gasteiger partial charge >= 0.3 is 6.09 Å². The fraction of sp³-hybridized carbons (Fsp3) is 0.412. The number of benzene rings is 1. The molecule has 2 heterocycles. The van der Waals surface area contributed by atoms with Gasteiger partial charge in [-0.3, -0.25) is 0 Å². The summed E-state index contributed by atoms with van der Waals surface area (Å²) in [4.78, 5) is 18.2. The van der Waals surface area contributed by atoms with Crippen LogP contribution in [-0.4, -0.2) is 47.3 Å². The van der Waals surface area contributed by atoms with Gasteiger partial charge < -0.3 is 20.1 Å². The summed E-state index contributed by atoms with van der Waals surface area (Å²) in [6, 6.07) is 7.88. The van der Waals surface area contributed by atoms with Gasteiger partial charge in [0, 0.05) is 23.2 Å². The first-order valence-electron chi connectivity index (χ1n) is 8.08. The lowest BCUT2D eigenvalue weighted by molar-refractivity contribution is 0.165. The largest absolute Gasteiger partial charge is 0.494 e. The lowest BCUT2D eigenvalue weighted by Gasteiger charge is -2.30. The van der Waals surface area contributed by atoms with Crippen LogP contribution in [0, 0.1) is 0 Å². The highest BCUT2D eigenvalue weighted by atomic mass is 32.1. The summed E-state index contributed by atoms with van der Waals surface area (Å²) in [5.74, 6) is 0.867. The summed E-state index contributed by atoms with van der Waals surface area (Å²) >= 11 is 1.48. The number of carboxylic acid groups (broad SMARTS) is 1. The Morgan fingerprint density at radius 3 is 2.79 bits per heavy atom. The van der Waals surface area contributed by atoms with Crippen molar-refractivity contribution >= 4 is 17.4 Å². The van der Waals surface area contributed by atoms with Crippen molar-refractivity contribution < 1.29 is 14.6 Å². The Morgan fingerprint density at radius 1 is 1.33 bits per heavy atom. The molecule has 2 aromatic rings. The molecule has 1 aliphatic rings. The van der Waals surface area contributed by atoms with Crippen molar-refractivity contribution in [1.82, 2.24) is 15.2 Å². The van der Waals surface area contributed by atoms with Gasteiger partial charge in [-0.05, 0) is 50.2 Å². The summed E-state index contributed by atoms with van der Waals surface area (Å²) < 4.78 is 5.77. The Kier molecular flexibility index (Phi) is 5.66. The first-order valence-corrected chi connectivity index (χ1v) is 8.89. The Labute approximate surface area is 145 Å². The first-order chi connectivity index (χ1) is 11.7. The van der Waals surface area contributed by atoms with E-state index in [2.05, 4.69) is 15.2 Å². The Hall–Kier alpha value is -2.12. The normalized spacial score (nSPS) is 14.2. The van der Waals surface area contributed by atoms with E-state index in [1.807, 2.05) is 24.3 Å². The Bertz CT molecular complexity index is 668. The molecule has 7 heteroatoms. The van der Waals surface area contributed by atoms with Gasteiger partial charge in [0.1, 0.15) is 10.8 Å². The zero-order valence-corrected chi connectivity index (χ0v) is 14.2. The maximum Gasteiger partial charge on any atom is 0.404 e. The molecule has 1 aromatic carbocycles. The number of ether oxygens (including phenoxy) is 1. The number of hydrogen-bond acceptors (Lipinski definition) is 5. The third-order valence-electron chi connectivity index (χ3n) is 3.90. The fourth-order valence-corrected chi connectivity index (χ4v) is 3.32. The predicted molar refractivity (Wildman–Crippen MR) is 93.6 cm³/mol. The molecule has 1 saturated heterocycles. The van der Waals surface area contributed by atoms with E-state index in [9.17, 15) is 4.79 Å². The molecule has 1 aromatic heterocycles. The van der Waals surface area contributed by atoms with E-state index in [1.54, 1.807) is 6.20 Å². The summed E-state index contributed by atoms with van der Waals surface area (Å²) in [6.07, 6.45) is 3.05. The molecule has 0 unspecified atom stereocenters. The molecule has 1 amide bonds. The highest BCUT2D eigenvalue weighted by Crippen LogP contribution is 2.27. The van der Waals surface area contributed by atoms with Gasteiger partial charge in [-0.15, -0.1) is 11.3 Å². The van der Waals surface area contributed by atoms with Crippen molar-refractivity contribution in [1.29, 1.82) is 0 Å². The van der Waals surface area contributed by atoms with E-state index >= 15 is 0 Å². The van der Waals surface area contributed by atoms with Crippen LogP contribution in [0.1, 0.15) is 17.7 Å². The molecule has 0 spiro atoms. The van der Waals surface area contributed by atoms with Crippen LogP contribution in [0.2, 0.25) is 0 Å². The van der Waals surface area contributed by atoms with Gasteiger partial charge in [-0.1, -0.05) is 0 Å². The van der Waals surface area contributed by atoms with Crippen molar-refractivity contribution in [3.8, 4) is 16.3 Å². The minimum absolute atomic E-state index is 0.283. The lowest BCUT2D eigenvalue weighted by atomic mass is 10.2. The summed E-state index contributed by atoms with van der Waals surface area (Å²) in [5.41, 5.74) is 1.01. The third kappa shape index (κ3) is 4.69. The quantitative estimate of drug-likeness (QED) is 0.718. The van der Waals surface area contributed by atoms with E-state index in [1.165, 1.54) is 30.8 Å². The Balaban J connectivity index is 1.47. The molecule has 1 aliphatic heterocycles. The van der Waals surface area contributed by atoms with Gasteiger partial charge in [0.05, 0.1) is 13.2 Å². The first kappa shape index (κ1) is 16.7. The molecule has 3 rings (SSSR count).